The van der Waals surface area contributed by atoms with Gasteiger partial charge in [-0.15, -0.1) is 0 Å². The minimum absolute atomic E-state index is 0.0614. The lowest BCUT2D eigenvalue weighted by atomic mass is 10.2. The lowest BCUT2D eigenvalue weighted by molar-refractivity contribution is 0.113. The number of benzene rings is 2. The van der Waals surface area contributed by atoms with Crippen LogP contribution in [0.25, 0.3) is 21.9 Å². The molecular formula is C26H28N6O3. The van der Waals surface area contributed by atoms with Gasteiger partial charge in [-0.05, 0) is 44.1 Å². The van der Waals surface area contributed by atoms with Gasteiger partial charge in [-0.3, -0.25) is 4.90 Å². The van der Waals surface area contributed by atoms with Gasteiger partial charge < -0.3 is 19.1 Å². The first-order valence-corrected chi connectivity index (χ1v) is 12.0. The van der Waals surface area contributed by atoms with E-state index in [0.29, 0.717) is 23.9 Å². The van der Waals surface area contributed by atoms with Crippen LogP contribution >= 0.6 is 0 Å². The van der Waals surface area contributed by atoms with Gasteiger partial charge in [-0.25, -0.2) is 19.9 Å². The summed E-state index contributed by atoms with van der Waals surface area (Å²) in [5.74, 6) is 2.73. The molecule has 0 saturated carbocycles. The standard InChI is InChI=1S/C26H28N6O3/c1-33-22-11-17-20(12-23(22)34-2)28-16-29-26(17)32-14-21(31-9-5-6-10-31)24(15-32)35-25-13-27-18-7-3-4-8-19(18)30-25/h3-4,7-8,11-13,16,21,24H,5-6,9-10,14-15H2,1-2H3. The topological polar surface area (TPSA) is 85.7 Å². The maximum Gasteiger partial charge on any atom is 0.233 e. The SMILES string of the molecule is COc1cc2ncnc(N3CC(Oc4cnc5ccccc5n4)C(N4CCCC4)C3)c2cc1OC. The van der Waals surface area contributed by atoms with Crippen LogP contribution in [0.1, 0.15) is 12.8 Å². The van der Waals surface area contributed by atoms with Crippen molar-refractivity contribution in [3.05, 3.63) is 48.9 Å². The van der Waals surface area contributed by atoms with E-state index in [2.05, 4.69) is 24.8 Å². The van der Waals surface area contributed by atoms with E-state index < -0.39 is 0 Å². The number of fused-ring (bicyclic) bond motifs is 2. The second-order valence-electron chi connectivity index (χ2n) is 8.99. The summed E-state index contributed by atoms with van der Waals surface area (Å²) in [5, 5.41) is 0.927. The van der Waals surface area contributed by atoms with Crippen LogP contribution in [0.15, 0.2) is 48.9 Å². The van der Waals surface area contributed by atoms with Crippen molar-refractivity contribution in [3.63, 3.8) is 0 Å². The summed E-state index contributed by atoms with van der Waals surface area (Å²) in [4.78, 5) is 23.2. The van der Waals surface area contributed by atoms with E-state index >= 15 is 0 Å². The highest BCUT2D eigenvalue weighted by Crippen LogP contribution is 2.36. The lowest BCUT2D eigenvalue weighted by Gasteiger charge is -2.27. The Labute approximate surface area is 203 Å². The van der Waals surface area contributed by atoms with Gasteiger partial charge in [0.2, 0.25) is 5.88 Å². The first-order chi connectivity index (χ1) is 17.2. The molecule has 35 heavy (non-hydrogen) atoms. The number of aromatic nitrogens is 4. The summed E-state index contributed by atoms with van der Waals surface area (Å²) in [6, 6.07) is 11.9. The van der Waals surface area contributed by atoms with Gasteiger partial charge in [0.05, 0.1) is 49.6 Å². The van der Waals surface area contributed by atoms with Crippen LogP contribution in [0.4, 0.5) is 5.82 Å². The van der Waals surface area contributed by atoms with E-state index in [4.69, 9.17) is 19.2 Å². The number of hydrogen-bond donors (Lipinski definition) is 0. The Hall–Kier alpha value is -3.72. The van der Waals surface area contributed by atoms with Crippen molar-refractivity contribution < 1.29 is 14.2 Å². The van der Waals surface area contributed by atoms with E-state index in [1.807, 2.05) is 36.4 Å². The first kappa shape index (κ1) is 21.8. The maximum atomic E-state index is 6.51. The van der Waals surface area contributed by atoms with E-state index in [-0.39, 0.29) is 12.1 Å². The Bertz CT molecular complexity index is 1360. The highest BCUT2D eigenvalue weighted by molar-refractivity contribution is 5.92. The molecule has 0 spiro atoms. The second-order valence-corrected chi connectivity index (χ2v) is 8.99. The van der Waals surface area contributed by atoms with Crippen molar-refractivity contribution in [1.82, 2.24) is 24.8 Å². The van der Waals surface area contributed by atoms with Crippen molar-refractivity contribution in [2.75, 3.05) is 45.3 Å². The molecule has 2 saturated heterocycles. The largest absolute Gasteiger partial charge is 0.493 e. The normalized spacial score (nSPS) is 20.6. The minimum atomic E-state index is -0.0614. The Morgan fingerprint density at radius 3 is 2.43 bits per heavy atom. The number of ether oxygens (including phenoxy) is 3. The second kappa shape index (κ2) is 9.14. The van der Waals surface area contributed by atoms with Gasteiger partial charge in [-0.1, -0.05) is 12.1 Å². The molecule has 180 valence electrons. The Morgan fingerprint density at radius 2 is 1.63 bits per heavy atom. The molecule has 2 aliphatic rings. The first-order valence-electron chi connectivity index (χ1n) is 12.0. The molecule has 9 nitrogen and oxygen atoms in total. The van der Waals surface area contributed by atoms with E-state index in [1.165, 1.54) is 12.8 Å². The molecule has 4 heterocycles. The average Bonchev–Trinajstić information content (AvgIpc) is 3.57. The molecule has 2 aromatic carbocycles. The lowest BCUT2D eigenvalue weighted by Crippen LogP contribution is -2.44. The van der Waals surface area contributed by atoms with Crippen LogP contribution < -0.4 is 19.1 Å². The highest BCUT2D eigenvalue weighted by atomic mass is 16.5. The molecule has 0 aliphatic carbocycles. The molecule has 9 heteroatoms. The smallest absolute Gasteiger partial charge is 0.233 e. The quantitative estimate of drug-likeness (QED) is 0.419. The molecule has 2 fully saturated rings. The molecule has 2 aromatic heterocycles. The number of rotatable bonds is 6. The highest BCUT2D eigenvalue weighted by Gasteiger charge is 2.40. The Morgan fingerprint density at radius 1 is 0.857 bits per heavy atom. The molecule has 2 aliphatic heterocycles. The van der Waals surface area contributed by atoms with Crippen LogP contribution in [-0.4, -0.2) is 77.4 Å². The molecule has 0 radical (unpaired) electrons. The predicted molar refractivity (Wildman–Crippen MR) is 133 cm³/mol. The molecule has 4 aromatic rings. The van der Waals surface area contributed by atoms with Crippen LogP contribution in [0, 0.1) is 0 Å². The number of likely N-dealkylation sites (tertiary alicyclic amines) is 1. The van der Waals surface area contributed by atoms with Crippen molar-refractivity contribution >= 4 is 27.8 Å². The minimum Gasteiger partial charge on any atom is -0.493 e. The van der Waals surface area contributed by atoms with Crippen LogP contribution in [-0.2, 0) is 0 Å². The molecular weight excluding hydrogens is 444 g/mol. The van der Waals surface area contributed by atoms with Gasteiger partial charge >= 0.3 is 0 Å². The van der Waals surface area contributed by atoms with Crippen molar-refractivity contribution in [1.29, 1.82) is 0 Å². The summed E-state index contributed by atoms with van der Waals surface area (Å²) < 4.78 is 17.5. The van der Waals surface area contributed by atoms with E-state index in [1.54, 1.807) is 26.7 Å². The van der Waals surface area contributed by atoms with Crippen LogP contribution in [0.3, 0.4) is 0 Å². The van der Waals surface area contributed by atoms with E-state index in [9.17, 15) is 0 Å². The summed E-state index contributed by atoms with van der Waals surface area (Å²) in [6.45, 7) is 3.66. The third-order valence-electron chi connectivity index (χ3n) is 6.96. The van der Waals surface area contributed by atoms with Crippen LogP contribution in [0.2, 0.25) is 0 Å². The number of hydrogen-bond acceptors (Lipinski definition) is 9. The molecule has 0 bridgehead atoms. The summed E-state index contributed by atoms with van der Waals surface area (Å²) >= 11 is 0. The molecule has 2 atom stereocenters. The van der Waals surface area contributed by atoms with Gasteiger partial charge in [0.25, 0.3) is 0 Å². The number of para-hydroxylation sites is 2. The molecule has 6 rings (SSSR count). The van der Waals surface area contributed by atoms with Gasteiger partial charge in [0.15, 0.2) is 11.5 Å². The van der Waals surface area contributed by atoms with Gasteiger partial charge in [-0.2, -0.15) is 0 Å². The third kappa shape index (κ3) is 4.05. The summed E-state index contributed by atoms with van der Waals surface area (Å²) in [6.07, 6.45) is 5.70. The zero-order valence-electron chi connectivity index (χ0n) is 19.9. The number of methoxy groups -OCH3 is 2. The molecule has 0 N–H and O–H groups in total. The Balaban J connectivity index is 1.34. The van der Waals surface area contributed by atoms with Crippen molar-refractivity contribution in [2.45, 2.75) is 25.0 Å². The third-order valence-corrected chi connectivity index (χ3v) is 6.96. The van der Waals surface area contributed by atoms with E-state index in [0.717, 1.165) is 47.4 Å². The van der Waals surface area contributed by atoms with Gasteiger partial charge in [0.1, 0.15) is 18.2 Å². The predicted octanol–water partition coefficient (Wildman–Crippen LogP) is 3.32. The zero-order chi connectivity index (χ0) is 23.8. The monoisotopic (exact) mass is 472 g/mol. The van der Waals surface area contributed by atoms with Crippen molar-refractivity contribution in [2.24, 2.45) is 0 Å². The van der Waals surface area contributed by atoms with Crippen LogP contribution in [0.5, 0.6) is 17.4 Å². The fourth-order valence-corrected chi connectivity index (χ4v) is 5.24. The summed E-state index contributed by atoms with van der Waals surface area (Å²) in [5.41, 5.74) is 2.51. The average molecular weight is 473 g/mol. The van der Waals surface area contributed by atoms with Crippen molar-refractivity contribution in [3.8, 4) is 17.4 Å². The summed E-state index contributed by atoms with van der Waals surface area (Å²) in [7, 11) is 3.27. The van der Waals surface area contributed by atoms with Gasteiger partial charge in [0, 0.05) is 18.0 Å². The Kier molecular flexibility index (Phi) is 5.69. The number of anilines is 1. The maximum absolute atomic E-state index is 6.51. The molecule has 0 amide bonds. The fraction of sp³-hybridized carbons (Fsp3) is 0.385. The molecule has 2 unspecified atom stereocenters. The number of nitrogens with zero attached hydrogens (tertiary/aromatic N) is 6. The fourth-order valence-electron chi connectivity index (χ4n) is 5.24. The zero-order valence-corrected chi connectivity index (χ0v) is 19.9.